The second-order valence-electron chi connectivity index (χ2n) is 5.23. The third kappa shape index (κ3) is 4.45. The third-order valence-corrected chi connectivity index (χ3v) is 3.60. The van der Waals surface area contributed by atoms with E-state index < -0.39 is 6.04 Å². The smallest absolute Gasteiger partial charge is 0.251 e. The van der Waals surface area contributed by atoms with Crippen molar-refractivity contribution in [2.75, 3.05) is 6.54 Å². The van der Waals surface area contributed by atoms with E-state index in [9.17, 15) is 9.59 Å². The molecule has 1 aliphatic rings. The number of nitrogens with zero attached hydrogens (tertiary/aromatic N) is 1. The van der Waals surface area contributed by atoms with Gasteiger partial charge in [0.2, 0.25) is 5.91 Å². The van der Waals surface area contributed by atoms with Gasteiger partial charge in [0.05, 0.1) is 6.07 Å². The first-order valence-corrected chi connectivity index (χ1v) is 7.39. The van der Waals surface area contributed by atoms with E-state index in [-0.39, 0.29) is 18.4 Å². The van der Waals surface area contributed by atoms with Crippen LogP contribution in [0.25, 0.3) is 0 Å². The molecule has 22 heavy (non-hydrogen) atoms. The van der Waals surface area contributed by atoms with Crippen LogP contribution in [0.3, 0.4) is 0 Å². The molecule has 5 heteroatoms. The average molecular weight is 297 g/mol. The normalized spacial score (nSPS) is 14.6. The summed E-state index contributed by atoms with van der Waals surface area (Å²) in [5.41, 5.74) is 1.70. The summed E-state index contributed by atoms with van der Waals surface area (Å²) in [6.45, 7) is -0.0599. The van der Waals surface area contributed by atoms with Crippen LogP contribution in [0, 0.1) is 11.3 Å². The number of hydrogen-bond acceptors (Lipinski definition) is 3. The Morgan fingerprint density at radius 1 is 1.27 bits per heavy atom. The SMILES string of the molecule is N#CCNC(=O)[C@H](CC1=CCCC1)NC(=O)c1ccccc1. The van der Waals surface area contributed by atoms with Gasteiger partial charge in [0.15, 0.2) is 0 Å². The number of benzene rings is 1. The summed E-state index contributed by atoms with van der Waals surface area (Å²) in [5, 5.41) is 13.9. The molecule has 1 aromatic rings. The fraction of sp³-hybridized carbons (Fsp3) is 0.353. The topological polar surface area (TPSA) is 82.0 Å². The first-order chi connectivity index (χ1) is 10.7. The van der Waals surface area contributed by atoms with Crippen LogP contribution < -0.4 is 10.6 Å². The summed E-state index contributed by atoms with van der Waals surface area (Å²) in [5.74, 6) is -0.602. The standard InChI is InChI=1S/C17H19N3O2/c18-10-11-19-17(22)15(12-13-6-4-5-7-13)20-16(21)14-8-2-1-3-9-14/h1-3,6,8-9,15H,4-5,7,11-12H2,(H,19,22)(H,20,21)/t15-/m0/s1. The quantitative estimate of drug-likeness (QED) is 0.621. The van der Waals surface area contributed by atoms with Crippen molar-refractivity contribution >= 4 is 11.8 Å². The number of amides is 2. The molecule has 0 saturated carbocycles. The number of hydrogen-bond donors (Lipinski definition) is 2. The maximum absolute atomic E-state index is 12.2. The van der Waals surface area contributed by atoms with E-state index in [2.05, 4.69) is 16.7 Å². The molecule has 0 fully saturated rings. The highest BCUT2D eigenvalue weighted by Crippen LogP contribution is 2.22. The van der Waals surface area contributed by atoms with Crippen LogP contribution in [0.2, 0.25) is 0 Å². The van der Waals surface area contributed by atoms with Gasteiger partial charge < -0.3 is 10.6 Å². The van der Waals surface area contributed by atoms with E-state index >= 15 is 0 Å². The fourth-order valence-corrected chi connectivity index (χ4v) is 2.48. The minimum Gasteiger partial charge on any atom is -0.341 e. The summed E-state index contributed by atoms with van der Waals surface area (Å²) in [7, 11) is 0. The molecule has 0 bridgehead atoms. The average Bonchev–Trinajstić information content (AvgIpc) is 3.05. The lowest BCUT2D eigenvalue weighted by atomic mass is 10.0. The van der Waals surface area contributed by atoms with E-state index in [0.717, 1.165) is 19.3 Å². The van der Waals surface area contributed by atoms with Gasteiger partial charge in [0.1, 0.15) is 12.6 Å². The maximum Gasteiger partial charge on any atom is 0.251 e. The minimum absolute atomic E-state index is 0.0599. The summed E-state index contributed by atoms with van der Waals surface area (Å²) >= 11 is 0. The molecular weight excluding hydrogens is 278 g/mol. The number of carbonyl (C=O) groups excluding carboxylic acids is 2. The lowest BCUT2D eigenvalue weighted by Gasteiger charge is -2.18. The molecule has 0 heterocycles. The molecule has 0 saturated heterocycles. The van der Waals surface area contributed by atoms with E-state index in [0.29, 0.717) is 12.0 Å². The Morgan fingerprint density at radius 2 is 2.05 bits per heavy atom. The molecule has 1 aliphatic carbocycles. The molecule has 1 aromatic carbocycles. The lowest BCUT2D eigenvalue weighted by Crippen LogP contribution is -2.47. The van der Waals surface area contributed by atoms with E-state index in [1.165, 1.54) is 5.57 Å². The second kappa shape index (κ2) is 7.99. The number of rotatable bonds is 6. The first kappa shape index (κ1) is 15.8. The lowest BCUT2D eigenvalue weighted by molar-refractivity contribution is -0.122. The predicted molar refractivity (Wildman–Crippen MR) is 82.9 cm³/mol. The van der Waals surface area contributed by atoms with Crippen molar-refractivity contribution in [2.45, 2.75) is 31.7 Å². The number of allylic oxidation sites excluding steroid dienone is 1. The van der Waals surface area contributed by atoms with Crippen LogP contribution in [0.1, 0.15) is 36.0 Å². The molecule has 1 atom stereocenters. The van der Waals surface area contributed by atoms with Crippen LogP contribution in [-0.2, 0) is 4.79 Å². The van der Waals surface area contributed by atoms with E-state index in [1.807, 2.05) is 12.1 Å². The highest BCUT2D eigenvalue weighted by Gasteiger charge is 2.23. The van der Waals surface area contributed by atoms with Gasteiger partial charge in [-0.2, -0.15) is 5.26 Å². The summed E-state index contributed by atoms with van der Waals surface area (Å²) in [6, 6.07) is 10.0. The predicted octanol–water partition coefficient (Wildman–Crippen LogP) is 1.93. The first-order valence-electron chi connectivity index (χ1n) is 7.39. The van der Waals surface area contributed by atoms with Gasteiger partial charge in [-0.3, -0.25) is 9.59 Å². The second-order valence-corrected chi connectivity index (χ2v) is 5.23. The number of nitrogens with one attached hydrogen (secondary N) is 2. The van der Waals surface area contributed by atoms with Gasteiger partial charge in [-0.25, -0.2) is 0 Å². The van der Waals surface area contributed by atoms with Gasteiger partial charge in [0, 0.05) is 5.56 Å². The fourth-order valence-electron chi connectivity index (χ4n) is 2.48. The number of carbonyl (C=O) groups is 2. The highest BCUT2D eigenvalue weighted by atomic mass is 16.2. The molecule has 2 amide bonds. The Hall–Kier alpha value is -2.61. The van der Waals surface area contributed by atoms with Crippen LogP contribution in [0.5, 0.6) is 0 Å². The molecule has 2 rings (SSSR count). The Morgan fingerprint density at radius 3 is 2.68 bits per heavy atom. The Kier molecular flexibility index (Phi) is 5.73. The van der Waals surface area contributed by atoms with Gasteiger partial charge >= 0.3 is 0 Å². The molecule has 0 radical (unpaired) electrons. The zero-order valence-corrected chi connectivity index (χ0v) is 12.3. The third-order valence-electron chi connectivity index (χ3n) is 3.60. The van der Waals surface area contributed by atoms with E-state index in [1.54, 1.807) is 24.3 Å². The van der Waals surface area contributed by atoms with Crippen LogP contribution in [0.15, 0.2) is 42.0 Å². The van der Waals surface area contributed by atoms with Gasteiger partial charge in [-0.15, -0.1) is 0 Å². The minimum atomic E-state index is -0.648. The highest BCUT2D eigenvalue weighted by molar-refractivity contribution is 5.97. The van der Waals surface area contributed by atoms with Gasteiger partial charge in [-0.1, -0.05) is 29.8 Å². The zero-order valence-electron chi connectivity index (χ0n) is 12.3. The molecule has 0 spiro atoms. The number of nitriles is 1. The van der Waals surface area contributed by atoms with Crippen LogP contribution >= 0.6 is 0 Å². The molecule has 114 valence electrons. The molecule has 2 N–H and O–H groups in total. The van der Waals surface area contributed by atoms with Gasteiger partial charge in [0.25, 0.3) is 5.91 Å². The molecule has 5 nitrogen and oxygen atoms in total. The van der Waals surface area contributed by atoms with Crippen molar-refractivity contribution in [3.63, 3.8) is 0 Å². The molecule has 0 aromatic heterocycles. The zero-order chi connectivity index (χ0) is 15.8. The van der Waals surface area contributed by atoms with Crippen molar-refractivity contribution in [1.82, 2.24) is 10.6 Å². The Balaban J connectivity index is 2.04. The van der Waals surface area contributed by atoms with Crippen molar-refractivity contribution < 1.29 is 9.59 Å². The van der Waals surface area contributed by atoms with Gasteiger partial charge in [-0.05, 0) is 37.8 Å². The molecular formula is C17H19N3O2. The van der Waals surface area contributed by atoms with Crippen molar-refractivity contribution in [3.05, 3.63) is 47.5 Å². The Labute approximate surface area is 130 Å². The summed E-state index contributed by atoms with van der Waals surface area (Å²) in [6.07, 6.45) is 5.70. The van der Waals surface area contributed by atoms with Crippen molar-refractivity contribution in [2.24, 2.45) is 0 Å². The summed E-state index contributed by atoms with van der Waals surface area (Å²) < 4.78 is 0. The van der Waals surface area contributed by atoms with Crippen LogP contribution in [0.4, 0.5) is 0 Å². The largest absolute Gasteiger partial charge is 0.341 e. The summed E-state index contributed by atoms with van der Waals surface area (Å²) in [4.78, 5) is 24.4. The van der Waals surface area contributed by atoms with E-state index in [4.69, 9.17) is 5.26 Å². The monoisotopic (exact) mass is 297 g/mol. The van der Waals surface area contributed by atoms with Crippen molar-refractivity contribution in [3.8, 4) is 6.07 Å². The van der Waals surface area contributed by atoms with Crippen molar-refractivity contribution in [1.29, 1.82) is 5.26 Å². The van der Waals surface area contributed by atoms with Crippen LogP contribution in [-0.4, -0.2) is 24.4 Å². The molecule has 0 unspecified atom stereocenters. The Bertz CT molecular complexity index is 602. The maximum atomic E-state index is 12.2. The molecule has 0 aliphatic heterocycles.